The topological polar surface area (TPSA) is 55.1 Å². The van der Waals surface area contributed by atoms with Gasteiger partial charge in [0.05, 0.1) is 11.4 Å². The quantitative estimate of drug-likeness (QED) is 0.919. The molecule has 1 heterocycles. The highest BCUT2D eigenvalue weighted by Gasteiger charge is 2.28. The smallest absolute Gasteiger partial charge is 0.356 e. The van der Waals surface area contributed by atoms with Gasteiger partial charge in [-0.25, -0.2) is 9.48 Å². The standard InChI is InChI=1S/C18H24N2O2/c1-11(2)13-7-9-14(10-8-13)20-16(18(4,5)6)12(3)15(19-20)17(21)22/h7-11H,1-6H3,(H,21,22). The molecule has 0 atom stereocenters. The third-order valence-electron chi connectivity index (χ3n) is 3.84. The van der Waals surface area contributed by atoms with Gasteiger partial charge in [0.25, 0.3) is 0 Å². The molecular weight excluding hydrogens is 276 g/mol. The summed E-state index contributed by atoms with van der Waals surface area (Å²) in [7, 11) is 0. The molecule has 118 valence electrons. The Morgan fingerprint density at radius 1 is 1.18 bits per heavy atom. The van der Waals surface area contributed by atoms with E-state index < -0.39 is 5.97 Å². The summed E-state index contributed by atoms with van der Waals surface area (Å²) < 4.78 is 1.77. The van der Waals surface area contributed by atoms with Crippen molar-refractivity contribution in [2.45, 2.75) is 52.9 Å². The lowest BCUT2D eigenvalue weighted by atomic mass is 9.88. The lowest BCUT2D eigenvalue weighted by molar-refractivity contribution is 0.0689. The van der Waals surface area contributed by atoms with Gasteiger partial charge in [0.1, 0.15) is 0 Å². The van der Waals surface area contributed by atoms with Gasteiger partial charge >= 0.3 is 5.97 Å². The first-order valence-corrected chi connectivity index (χ1v) is 7.56. The molecule has 0 unspecified atom stereocenters. The molecule has 4 heteroatoms. The van der Waals surface area contributed by atoms with Gasteiger partial charge in [-0.2, -0.15) is 5.10 Å². The van der Waals surface area contributed by atoms with Crippen molar-refractivity contribution in [3.8, 4) is 5.69 Å². The summed E-state index contributed by atoms with van der Waals surface area (Å²) in [5.74, 6) is -0.523. The average Bonchev–Trinajstić information content (AvgIpc) is 2.76. The van der Waals surface area contributed by atoms with E-state index in [9.17, 15) is 9.90 Å². The molecule has 0 saturated heterocycles. The summed E-state index contributed by atoms with van der Waals surface area (Å²) in [5.41, 5.74) is 3.74. The molecule has 0 radical (unpaired) electrons. The highest BCUT2D eigenvalue weighted by atomic mass is 16.4. The van der Waals surface area contributed by atoms with Crippen LogP contribution in [0.25, 0.3) is 5.69 Å². The van der Waals surface area contributed by atoms with Crippen molar-refractivity contribution in [3.05, 3.63) is 46.8 Å². The average molecular weight is 300 g/mol. The maximum absolute atomic E-state index is 11.4. The van der Waals surface area contributed by atoms with Crippen LogP contribution in [0.3, 0.4) is 0 Å². The van der Waals surface area contributed by atoms with Crippen LogP contribution in [-0.2, 0) is 5.41 Å². The van der Waals surface area contributed by atoms with E-state index in [1.807, 2.05) is 19.1 Å². The van der Waals surface area contributed by atoms with Crippen LogP contribution < -0.4 is 0 Å². The largest absolute Gasteiger partial charge is 0.476 e. The molecule has 1 N–H and O–H groups in total. The van der Waals surface area contributed by atoms with Gasteiger partial charge < -0.3 is 5.11 Å². The van der Waals surface area contributed by atoms with E-state index in [1.54, 1.807) is 4.68 Å². The van der Waals surface area contributed by atoms with Crippen molar-refractivity contribution in [1.29, 1.82) is 0 Å². The van der Waals surface area contributed by atoms with Crippen LogP contribution in [0.5, 0.6) is 0 Å². The van der Waals surface area contributed by atoms with Crippen LogP contribution in [0.15, 0.2) is 24.3 Å². The fourth-order valence-electron chi connectivity index (χ4n) is 2.77. The Morgan fingerprint density at radius 3 is 2.14 bits per heavy atom. The molecule has 0 aliphatic carbocycles. The Balaban J connectivity index is 2.64. The Hall–Kier alpha value is -2.10. The second-order valence-electron chi connectivity index (χ2n) is 7.04. The lowest BCUT2D eigenvalue weighted by Gasteiger charge is -2.22. The van der Waals surface area contributed by atoms with E-state index >= 15 is 0 Å². The Morgan fingerprint density at radius 2 is 1.73 bits per heavy atom. The maximum Gasteiger partial charge on any atom is 0.356 e. The van der Waals surface area contributed by atoms with Crippen molar-refractivity contribution in [3.63, 3.8) is 0 Å². The van der Waals surface area contributed by atoms with E-state index in [0.29, 0.717) is 5.92 Å². The molecule has 4 nitrogen and oxygen atoms in total. The molecule has 2 aromatic rings. The summed E-state index contributed by atoms with van der Waals surface area (Å²) in [5, 5.41) is 13.7. The molecule has 1 aromatic carbocycles. The van der Waals surface area contributed by atoms with E-state index in [1.165, 1.54) is 5.56 Å². The highest BCUT2D eigenvalue weighted by molar-refractivity contribution is 5.87. The Labute approximate surface area is 131 Å². The van der Waals surface area contributed by atoms with Crippen molar-refractivity contribution >= 4 is 5.97 Å². The second kappa shape index (κ2) is 5.59. The number of carboxylic acid groups (broad SMARTS) is 1. The molecule has 2 rings (SSSR count). The molecule has 22 heavy (non-hydrogen) atoms. The normalized spacial score (nSPS) is 12.0. The van der Waals surface area contributed by atoms with E-state index in [-0.39, 0.29) is 11.1 Å². The predicted octanol–water partition coefficient (Wildman–Crippen LogP) is 4.30. The van der Waals surface area contributed by atoms with Crippen LogP contribution >= 0.6 is 0 Å². The van der Waals surface area contributed by atoms with Crippen LogP contribution in [-0.4, -0.2) is 20.9 Å². The van der Waals surface area contributed by atoms with Gasteiger partial charge in [0.15, 0.2) is 5.69 Å². The van der Waals surface area contributed by atoms with Gasteiger partial charge in [-0.3, -0.25) is 0 Å². The predicted molar refractivity (Wildman–Crippen MR) is 88.0 cm³/mol. The summed E-state index contributed by atoms with van der Waals surface area (Å²) in [6, 6.07) is 8.15. The molecule has 0 aliphatic rings. The molecular formula is C18H24N2O2. The molecule has 1 aromatic heterocycles. The molecule has 0 aliphatic heterocycles. The van der Waals surface area contributed by atoms with Crippen LogP contribution in [0.1, 0.15) is 67.8 Å². The summed E-state index contributed by atoms with van der Waals surface area (Å²) in [6.45, 7) is 12.3. The number of hydrogen-bond acceptors (Lipinski definition) is 2. The van der Waals surface area contributed by atoms with Crippen molar-refractivity contribution in [2.75, 3.05) is 0 Å². The van der Waals surface area contributed by atoms with Gasteiger partial charge in [0, 0.05) is 11.0 Å². The van der Waals surface area contributed by atoms with Gasteiger partial charge in [-0.15, -0.1) is 0 Å². The fraction of sp³-hybridized carbons (Fsp3) is 0.444. The zero-order chi connectivity index (χ0) is 16.7. The third-order valence-corrected chi connectivity index (χ3v) is 3.84. The molecule has 0 fully saturated rings. The Bertz CT molecular complexity index is 689. The van der Waals surface area contributed by atoms with E-state index in [2.05, 4.69) is 51.9 Å². The summed E-state index contributed by atoms with van der Waals surface area (Å²) in [4.78, 5) is 11.4. The van der Waals surface area contributed by atoms with Crippen LogP contribution in [0.4, 0.5) is 0 Å². The molecule has 0 spiro atoms. The van der Waals surface area contributed by atoms with Gasteiger partial charge in [0.2, 0.25) is 0 Å². The lowest BCUT2D eigenvalue weighted by Crippen LogP contribution is -2.18. The third kappa shape index (κ3) is 2.91. The number of aromatic carboxylic acids is 1. The monoisotopic (exact) mass is 300 g/mol. The minimum Gasteiger partial charge on any atom is -0.476 e. The van der Waals surface area contributed by atoms with Crippen LogP contribution in [0.2, 0.25) is 0 Å². The summed E-state index contributed by atoms with van der Waals surface area (Å²) in [6.07, 6.45) is 0. The maximum atomic E-state index is 11.4. The number of benzene rings is 1. The molecule has 0 amide bonds. The fourth-order valence-corrected chi connectivity index (χ4v) is 2.77. The van der Waals surface area contributed by atoms with Crippen molar-refractivity contribution in [2.24, 2.45) is 0 Å². The SMILES string of the molecule is Cc1c(C(=O)O)nn(-c2ccc(C(C)C)cc2)c1C(C)(C)C. The first-order chi connectivity index (χ1) is 10.1. The zero-order valence-electron chi connectivity index (χ0n) is 14.1. The van der Waals surface area contributed by atoms with Gasteiger partial charge in [-0.1, -0.05) is 46.8 Å². The Kier molecular flexibility index (Phi) is 4.14. The van der Waals surface area contributed by atoms with Crippen LogP contribution in [0, 0.1) is 6.92 Å². The number of carbonyl (C=O) groups is 1. The highest BCUT2D eigenvalue weighted by Crippen LogP contribution is 2.30. The second-order valence-corrected chi connectivity index (χ2v) is 7.04. The minimum absolute atomic E-state index is 0.123. The number of rotatable bonds is 3. The number of nitrogens with zero attached hydrogens (tertiary/aromatic N) is 2. The summed E-state index contributed by atoms with van der Waals surface area (Å²) >= 11 is 0. The molecule has 0 saturated carbocycles. The van der Waals surface area contributed by atoms with Crippen molar-refractivity contribution < 1.29 is 9.90 Å². The number of aromatic nitrogens is 2. The number of hydrogen-bond donors (Lipinski definition) is 1. The first-order valence-electron chi connectivity index (χ1n) is 7.56. The van der Waals surface area contributed by atoms with E-state index in [4.69, 9.17) is 0 Å². The first kappa shape index (κ1) is 16.3. The van der Waals surface area contributed by atoms with Crippen molar-refractivity contribution in [1.82, 2.24) is 9.78 Å². The zero-order valence-corrected chi connectivity index (χ0v) is 14.1. The van der Waals surface area contributed by atoms with Gasteiger partial charge in [-0.05, 0) is 30.5 Å². The minimum atomic E-state index is -0.986. The number of carboxylic acids is 1. The van der Waals surface area contributed by atoms with E-state index in [0.717, 1.165) is 16.9 Å². The molecule has 0 bridgehead atoms.